The summed E-state index contributed by atoms with van der Waals surface area (Å²) in [6.07, 6.45) is 2.47. The smallest absolute Gasteiger partial charge is 0.345 e. The highest BCUT2D eigenvalue weighted by molar-refractivity contribution is 5.81. The Kier molecular flexibility index (Phi) is 9.37. The third-order valence-corrected chi connectivity index (χ3v) is 6.48. The zero-order valence-electron chi connectivity index (χ0n) is 19.3. The number of aromatic nitrogens is 2. The largest absolute Gasteiger partial charge is 0.483 e. The summed E-state index contributed by atoms with van der Waals surface area (Å²) in [6.45, 7) is 9.86. The van der Waals surface area contributed by atoms with Gasteiger partial charge in [-0.3, -0.25) is 14.4 Å². The number of aromatic amines is 1. The van der Waals surface area contributed by atoms with Crippen molar-refractivity contribution in [1.29, 1.82) is 0 Å². The van der Waals surface area contributed by atoms with Gasteiger partial charge in [-0.05, 0) is 52.5 Å². The second kappa shape index (κ2) is 11.8. The quantitative estimate of drug-likeness (QED) is 0.651. The van der Waals surface area contributed by atoms with Crippen molar-refractivity contribution in [3.05, 3.63) is 27.4 Å². The van der Waals surface area contributed by atoms with Crippen molar-refractivity contribution in [2.45, 2.75) is 65.5 Å². The van der Waals surface area contributed by atoms with Crippen molar-refractivity contribution >= 4 is 18.3 Å². The predicted molar refractivity (Wildman–Crippen MR) is 117 cm³/mol. The van der Waals surface area contributed by atoms with E-state index < -0.39 is 0 Å². The monoisotopic (exact) mass is 450 g/mol. The zero-order valence-corrected chi connectivity index (χ0v) is 19.3. The second-order valence-corrected chi connectivity index (χ2v) is 8.32. The minimum absolute atomic E-state index is 0.0127. The first kappa shape index (κ1) is 25.5. The molecule has 0 saturated carbocycles. The van der Waals surface area contributed by atoms with E-state index in [1.165, 1.54) is 0 Å². The van der Waals surface area contributed by atoms with Gasteiger partial charge in [0.25, 0.3) is 6.47 Å². The van der Waals surface area contributed by atoms with Crippen molar-refractivity contribution in [2.24, 2.45) is 5.92 Å². The topological polar surface area (TPSA) is 133 Å². The molecule has 2 aliphatic heterocycles. The Morgan fingerprint density at radius 1 is 1.16 bits per heavy atom. The van der Waals surface area contributed by atoms with Gasteiger partial charge < -0.3 is 24.6 Å². The molecule has 1 aromatic heterocycles. The standard InChI is InChI=1S/C21H32N4O4.CH2O2/c1-13-18(14(2)23-21(28)22-13)5-6-19(26)24-9-10-25(16(4)15(24)3)20(27)17-7-11-29-12-8-17;2-1-3/h15-17H,5-12H2,1-4H3,(H,22,23,28);1H,(H,2,3)/t15-,16+;/m0./s1. The molecule has 2 amide bonds. The van der Waals surface area contributed by atoms with Crippen LogP contribution in [0.4, 0.5) is 0 Å². The Labute approximate surface area is 188 Å². The molecule has 2 saturated heterocycles. The summed E-state index contributed by atoms with van der Waals surface area (Å²) >= 11 is 0. The van der Waals surface area contributed by atoms with Crippen molar-refractivity contribution < 1.29 is 24.2 Å². The molecule has 178 valence electrons. The lowest BCUT2D eigenvalue weighted by Gasteiger charge is -2.46. The van der Waals surface area contributed by atoms with Gasteiger partial charge in [-0.25, -0.2) is 4.79 Å². The summed E-state index contributed by atoms with van der Waals surface area (Å²) in [4.78, 5) is 56.1. The molecule has 2 aliphatic rings. The van der Waals surface area contributed by atoms with Crippen molar-refractivity contribution in [3.8, 4) is 0 Å². The molecule has 10 nitrogen and oxygen atoms in total. The number of H-pyrrole nitrogens is 1. The van der Waals surface area contributed by atoms with Gasteiger partial charge in [0.15, 0.2) is 0 Å². The van der Waals surface area contributed by atoms with Gasteiger partial charge in [0.05, 0.1) is 0 Å². The van der Waals surface area contributed by atoms with E-state index in [0.29, 0.717) is 44.8 Å². The van der Waals surface area contributed by atoms with E-state index in [4.69, 9.17) is 14.6 Å². The summed E-state index contributed by atoms with van der Waals surface area (Å²) in [7, 11) is 0. The van der Waals surface area contributed by atoms with Gasteiger partial charge in [0.2, 0.25) is 11.8 Å². The first-order valence-electron chi connectivity index (χ1n) is 11.0. The number of hydrogen-bond acceptors (Lipinski definition) is 6. The number of carbonyl (C=O) groups excluding carboxylic acids is 2. The van der Waals surface area contributed by atoms with Crippen molar-refractivity contribution in [1.82, 2.24) is 19.8 Å². The first-order chi connectivity index (χ1) is 15.2. The number of nitrogens with one attached hydrogen (secondary N) is 1. The molecule has 0 radical (unpaired) electrons. The summed E-state index contributed by atoms with van der Waals surface area (Å²) in [5.74, 6) is 0.317. The Morgan fingerprint density at radius 3 is 2.31 bits per heavy atom. The fourth-order valence-corrected chi connectivity index (χ4v) is 4.48. The van der Waals surface area contributed by atoms with E-state index in [1.807, 2.05) is 30.6 Å². The summed E-state index contributed by atoms with van der Waals surface area (Å²) in [6, 6.07) is -0.0443. The van der Waals surface area contributed by atoms with E-state index in [1.54, 1.807) is 6.92 Å². The molecule has 0 unspecified atom stereocenters. The molecular formula is C22H34N4O6. The molecule has 1 aromatic rings. The number of hydrogen-bond donors (Lipinski definition) is 2. The van der Waals surface area contributed by atoms with Crippen LogP contribution < -0.4 is 5.69 Å². The number of amides is 2. The molecule has 0 aliphatic carbocycles. The fraction of sp³-hybridized carbons (Fsp3) is 0.682. The number of carbonyl (C=O) groups is 3. The maximum absolute atomic E-state index is 12.9. The van der Waals surface area contributed by atoms with Crippen LogP contribution in [0.15, 0.2) is 4.79 Å². The Bertz CT molecular complexity index is 838. The van der Waals surface area contributed by atoms with Crippen molar-refractivity contribution in [3.63, 3.8) is 0 Å². The molecule has 3 rings (SSSR count). The molecular weight excluding hydrogens is 416 g/mol. The minimum atomic E-state index is -0.358. The van der Waals surface area contributed by atoms with Gasteiger partial charge in [-0.2, -0.15) is 4.98 Å². The number of rotatable bonds is 4. The lowest BCUT2D eigenvalue weighted by Crippen LogP contribution is -2.61. The zero-order chi connectivity index (χ0) is 23.8. The average Bonchev–Trinajstić information content (AvgIpc) is 2.75. The Morgan fingerprint density at radius 2 is 1.72 bits per heavy atom. The SMILES string of the molecule is Cc1nc(=O)[nH]c(C)c1CCC(=O)N1CCN(C(=O)C2CCOCC2)[C@H](C)[C@@H]1C.O=CO. The summed E-state index contributed by atoms with van der Waals surface area (Å²) < 4.78 is 5.37. The molecule has 0 aromatic carbocycles. The Balaban J connectivity index is 0.00000114. The highest BCUT2D eigenvalue weighted by atomic mass is 16.5. The molecule has 0 bridgehead atoms. The molecule has 0 spiro atoms. The number of carboxylic acid groups (broad SMARTS) is 1. The molecule has 2 atom stereocenters. The lowest BCUT2D eigenvalue weighted by molar-refractivity contribution is -0.150. The molecule has 2 fully saturated rings. The van der Waals surface area contributed by atoms with Crippen LogP contribution >= 0.6 is 0 Å². The van der Waals surface area contributed by atoms with E-state index in [2.05, 4.69) is 9.97 Å². The van der Waals surface area contributed by atoms with E-state index >= 15 is 0 Å². The molecule has 3 heterocycles. The summed E-state index contributed by atoms with van der Waals surface area (Å²) in [5, 5.41) is 6.89. The third kappa shape index (κ3) is 6.15. The van der Waals surface area contributed by atoms with Crippen LogP contribution in [0, 0.1) is 19.8 Å². The molecule has 32 heavy (non-hydrogen) atoms. The lowest BCUT2D eigenvalue weighted by atomic mass is 9.95. The van der Waals surface area contributed by atoms with Crippen molar-refractivity contribution in [2.75, 3.05) is 26.3 Å². The van der Waals surface area contributed by atoms with Gasteiger partial charge in [0.1, 0.15) is 0 Å². The van der Waals surface area contributed by atoms with Gasteiger partial charge >= 0.3 is 5.69 Å². The fourth-order valence-electron chi connectivity index (χ4n) is 4.48. The minimum Gasteiger partial charge on any atom is -0.483 e. The van der Waals surface area contributed by atoms with Crippen LogP contribution in [-0.4, -0.2) is 81.5 Å². The van der Waals surface area contributed by atoms with Crippen LogP contribution in [0.1, 0.15) is 50.1 Å². The van der Waals surface area contributed by atoms with Crippen LogP contribution in [-0.2, 0) is 25.5 Å². The normalized spacial score (nSPS) is 21.5. The highest BCUT2D eigenvalue weighted by Gasteiger charge is 2.38. The third-order valence-electron chi connectivity index (χ3n) is 6.48. The van der Waals surface area contributed by atoms with Crippen LogP contribution in [0.3, 0.4) is 0 Å². The van der Waals surface area contributed by atoms with Gasteiger partial charge in [0, 0.05) is 62.1 Å². The van der Waals surface area contributed by atoms with Crippen LogP contribution in [0.25, 0.3) is 0 Å². The predicted octanol–water partition coefficient (Wildman–Crippen LogP) is 0.895. The van der Waals surface area contributed by atoms with Crippen LogP contribution in [0.2, 0.25) is 0 Å². The maximum atomic E-state index is 12.9. The van der Waals surface area contributed by atoms with E-state index in [-0.39, 0.29) is 42.0 Å². The van der Waals surface area contributed by atoms with E-state index in [9.17, 15) is 14.4 Å². The second-order valence-electron chi connectivity index (χ2n) is 8.32. The molecule has 10 heteroatoms. The van der Waals surface area contributed by atoms with Crippen LogP contribution in [0.5, 0.6) is 0 Å². The maximum Gasteiger partial charge on any atom is 0.345 e. The summed E-state index contributed by atoms with van der Waals surface area (Å²) in [5.41, 5.74) is 2.01. The first-order valence-corrected chi connectivity index (χ1v) is 11.0. The van der Waals surface area contributed by atoms with Gasteiger partial charge in [-0.1, -0.05) is 0 Å². The number of aryl methyl sites for hydroxylation is 2. The number of nitrogens with zero attached hydrogens (tertiary/aromatic N) is 3. The number of ether oxygens (including phenoxy) is 1. The van der Waals surface area contributed by atoms with E-state index in [0.717, 1.165) is 24.1 Å². The highest BCUT2D eigenvalue weighted by Crippen LogP contribution is 2.24. The van der Waals surface area contributed by atoms with Gasteiger partial charge in [-0.15, -0.1) is 0 Å². The Hall–Kier alpha value is -2.75. The molecule has 2 N–H and O–H groups in total. The number of piperazine rings is 1. The average molecular weight is 451 g/mol.